The maximum Gasteiger partial charge on any atom is 0.243 e. The Bertz CT molecular complexity index is 1110. The van der Waals surface area contributed by atoms with Gasteiger partial charge in [-0.25, -0.2) is 0 Å². The highest BCUT2D eigenvalue weighted by molar-refractivity contribution is 7.99. The summed E-state index contributed by atoms with van der Waals surface area (Å²) in [6.45, 7) is 2.90. The zero-order valence-corrected chi connectivity index (χ0v) is 22.4. The van der Waals surface area contributed by atoms with Crippen LogP contribution < -0.4 is 10.1 Å². The number of methoxy groups -OCH3 is 1. The molecule has 0 fully saturated rings. The van der Waals surface area contributed by atoms with Gasteiger partial charge in [0, 0.05) is 41.6 Å². The number of nitrogens with zero attached hydrogens (tertiary/aromatic N) is 1. The Hall–Kier alpha value is -2.96. The average molecular weight is 525 g/mol. The van der Waals surface area contributed by atoms with Gasteiger partial charge in [-0.1, -0.05) is 61.0 Å². The Morgan fingerprint density at radius 2 is 1.72 bits per heavy atom. The van der Waals surface area contributed by atoms with E-state index in [1.807, 2.05) is 85.8 Å². The van der Waals surface area contributed by atoms with Gasteiger partial charge in [-0.05, 0) is 53.9 Å². The first-order chi connectivity index (χ1) is 17.5. The molecule has 0 spiro atoms. The summed E-state index contributed by atoms with van der Waals surface area (Å²) in [5, 5.41) is 3.69. The van der Waals surface area contributed by atoms with E-state index in [4.69, 9.17) is 16.3 Å². The van der Waals surface area contributed by atoms with Gasteiger partial charge in [0.2, 0.25) is 11.8 Å². The number of rotatable bonds is 13. The fraction of sp³-hybridized carbons (Fsp3) is 0.310. The molecule has 1 N–H and O–H groups in total. The van der Waals surface area contributed by atoms with Crippen LogP contribution in [-0.4, -0.2) is 42.2 Å². The van der Waals surface area contributed by atoms with E-state index < -0.39 is 6.04 Å². The van der Waals surface area contributed by atoms with Crippen LogP contribution >= 0.6 is 23.4 Å². The topological polar surface area (TPSA) is 58.6 Å². The van der Waals surface area contributed by atoms with Gasteiger partial charge in [0.05, 0.1) is 7.11 Å². The molecule has 0 aliphatic carbocycles. The molecule has 3 rings (SSSR count). The first-order valence-corrected chi connectivity index (χ1v) is 13.5. The minimum absolute atomic E-state index is 0.0631. The molecule has 0 saturated carbocycles. The van der Waals surface area contributed by atoms with Gasteiger partial charge in [0.25, 0.3) is 0 Å². The highest BCUT2D eigenvalue weighted by Crippen LogP contribution is 2.23. The molecule has 1 atom stereocenters. The summed E-state index contributed by atoms with van der Waals surface area (Å²) in [5.74, 6) is 1.12. The number of hydrogen-bond donors (Lipinski definition) is 1. The molecule has 36 heavy (non-hydrogen) atoms. The van der Waals surface area contributed by atoms with Crippen LogP contribution in [0.25, 0.3) is 0 Å². The summed E-state index contributed by atoms with van der Waals surface area (Å²) >= 11 is 7.59. The smallest absolute Gasteiger partial charge is 0.243 e. The van der Waals surface area contributed by atoms with Crippen LogP contribution in [0.15, 0.2) is 83.8 Å². The van der Waals surface area contributed by atoms with Crippen molar-refractivity contribution in [1.29, 1.82) is 0 Å². The molecular weight excluding hydrogens is 492 g/mol. The molecule has 0 aromatic heterocycles. The largest absolute Gasteiger partial charge is 0.497 e. The maximum absolute atomic E-state index is 13.6. The summed E-state index contributed by atoms with van der Waals surface area (Å²) in [6, 6.07) is 24.4. The average Bonchev–Trinajstić information content (AvgIpc) is 2.91. The highest BCUT2D eigenvalue weighted by Gasteiger charge is 2.30. The Balaban J connectivity index is 1.84. The minimum Gasteiger partial charge on any atom is -0.497 e. The van der Waals surface area contributed by atoms with Gasteiger partial charge in [0.15, 0.2) is 0 Å². The van der Waals surface area contributed by atoms with Crippen LogP contribution in [-0.2, 0) is 22.6 Å². The molecule has 0 saturated heterocycles. The molecule has 0 bridgehead atoms. The molecule has 7 heteroatoms. The number of nitrogens with one attached hydrogen (secondary N) is 1. The summed E-state index contributed by atoms with van der Waals surface area (Å²) in [4.78, 5) is 29.7. The fourth-order valence-electron chi connectivity index (χ4n) is 3.82. The molecule has 3 aromatic carbocycles. The molecule has 0 heterocycles. The van der Waals surface area contributed by atoms with Crippen molar-refractivity contribution in [3.05, 3.63) is 95.0 Å². The van der Waals surface area contributed by atoms with E-state index in [-0.39, 0.29) is 11.8 Å². The van der Waals surface area contributed by atoms with Crippen molar-refractivity contribution in [3.63, 3.8) is 0 Å². The van der Waals surface area contributed by atoms with Gasteiger partial charge >= 0.3 is 0 Å². The predicted octanol–water partition coefficient (Wildman–Crippen LogP) is 6.00. The van der Waals surface area contributed by atoms with Crippen LogP contribution in [0.5, 0.6) is 5.75 Å². The molecule has 0 unspecified atom stereocenters. The number of thioether (sulfide) groups is 1. The monoisotopic (exact) mass is 524 g/mol. The van der Waals surface area contributed by atoms with E-state index in [0.29, 0.717) is 42.5 Å². The Morgan fingerprint density at radius 3 is 2.42 bits per heavy atom. The van der Waals surface area contributed by atoms with Crippen LogP contribution in [0.3, 0.4) is 0 Å². The number of hydrogen-bond acceptors (Lipinski definition) is 4. The number of carbonyl (C=O) groups excluding carboxylic acids is 2. The summed E-state index contributed by atoms with van der Waals surface area (Å²) < 4.78 is 5.38. The van der Waals surface area contributed by atoms with Crippen molar-refractivity contribution in [3.8, 4) is 5.75 Å². The summed E-state index contributed by atoms with van der Waals surface area (Å²) in [6.07, 6.45) is 1.57. The Morgan fingerprint density at radius 1 is 1.00 bits per heavy atom. The van der Waals surface area contributed by atoms with Gasteiger partial charge in [-0.15, -0.1) is 11.8 Å². The van der Waals surface area contributed by atoms with Gasteiger partial charge in [0.1, 0.15) is 11.8 Å². The fourth-order valence-corrected chi connectivity index (χ4v) is 4.79. The van der Waals surface area contributed by atoms with E-state index in [0.717, 1.165) is 22.4 Å². The molecule has 2 amide bonds. The van der Waals surface area contributed by atoms with Gasteiger partial charge in [-0.2, -0.15) is 0 Å². The normalized spacial score (nSPS) is 11.5. The van der Waals surface area contributed by atoms with Crippen molar-refractivity contribution in [2.24, 2.45) is 0 Å². The molecule has 190 valence electrons. The zero-order chi connectivity index (χ0) is 25.8. The molecule has 5 nitrogen and oxygen atoms in total. The minimum atomic E-state index is -0.627. The summed E-state index contributed by atoms with van der Waals surface area (Å²) in [7, 11) is 1.62. The van der Waals surface area contributed by atoms with Crippen molar-refractivity contribution in [1.82, 2.24) is 10.2 Å². The van der Waals surface area contributed by atoms with E-state index >= 15 is 0 Å². The number of benzene rings is 3. The standard InChI is InChI=1S/C29H33ClN2O3S/c1-3-17-31-29(34)27(20-22-8-5-4-6-9-22)32(21-23-10-7-11-25(19-23)35-2)28(33)16-18-36-26-14-12-24(30)13-15-26/h4-15,19,27H,3,16-18,20-21H2,1-2H3,(H,31,34)/t27-/m0/s1. The predicted molar refractivity (Wildman–Crippen MR) is 148 cm³/mol. The van der Waals surface area contributed by atoms with Crippen molar-refractivity contribution in [2.75, 3.05) is 19.4 Å². The van der Waals surface area contributed by atoms with Gasteiger partial charge < -0.3 is 15.0 Å². The lowest BCUT2D eigenvalue weighted by Crippen LogP contribution is -2.50. The van der Waals surface area contributed by atoms with Crippen LogP contribution in [0.2, 0.25) is 5.02 Å². The van der Waals surface area contributed by atoms with Crippen molar-refractivity contribution < 1.29 is 14.3 Å². The second-order valence-corrected chi connectivity index (χ2v) is 10.0. The zero-order valence-electron chi connectivity index (χ0n) is 20.8. The third-order valence-electron chi connectivity index (χ3n) is 5.71. The number of carbonyl (C=O) groups is 2. The second-order valence-electron chi connectivity index (χ2n) is 8.42. The summed E-state index contributed by atoms with van der Waals surface area (Å²) in [5.41, 5.74) is 1.92. The van der Waals surface area contributed by atoms with E-state index in [9.17, 15) is 9.59 Å². The molecule has 3 aromatic rings. The first-order valence-electron chi connectivity index (χ1n) is 12.1. The quantitative estimate of drug-likeness (QED) is 0.279. The lowest BCUT2D eigenvalue weighted by molar-refractivity contribution is -0.141. The maximum atomic E-state index is 13.6. The molecular formula is C29H33ClN2O3S. The van der Waals surface area contributed by atoms with Crippen molar-refractivity contribution in [2.45, 2.75) is 43.7 Å². The third kappa shape index (κ3) is 8.61. The number of ether oxygens (including phenoxy) is 1. The lowest BCUT2D eigenvalue weighted by Gasteiger charge is -2.31. The number of amides is 2. The van der Waals surface area contributed by atoms with E-state index in [2.05, 4.69) is 5.32 Å². The van der Waals surface area contributed by atoms with E-state index in [1.165, 1.54) is 0 Å². The Kier molecular flexibility index (Phi) is 11.2. The molecule has 0 radical (unpaired) electrons. The lowest BCUT2D eigenvalue weighted by atomic mass is 10.0. The third-order valence-corrected chi connectivity index (χ3v) is 6.97. The molecule has 0 aliphatic heterocycles. The van der Waals surface area contributed by atoms with E-state index in [1.54, 1.807) is 23.8 Å². The van der Waals surface area contributed by atoms with Crippen LogP contribution in [0, 0.1) is 0 Å². The second kappa shape index (κ2) is 14.6. The van der Waals surface area contributed by atoms with Gasteiger partial charge in [-0.3, -0.25) is 9.59 Å². The van der Waals surface area contributed by atoms with Crippen LogP contribution in [0.1, 0.15) is 30.9 Å². The van der Waals surface area contributed by atoms with Crippen LogP contribution in [0.4, 0.5) is 0 Å². The Labute approximate surface area is 223 Å². The highest BCUT2D eigenvalue weighted by atomic mass is 35.5. The van der Waals surface area contributed by atoms with Crippen molar-refractivity contribution >= 4 is 35.2 Å². The first kappa shape index (κ1) is 27.6. The SMILES string of the molecule is CCCNC(=O)[C@H](Cc1ccccc1)N(Cc1cccc(OC)c1)C(=O)CCSc1ccc(Cl)cc1. The number of halogens is 1. The molecule has 0 aliphatic rings.